The molecule has 2 fully saturated rings. The van der Waals surface area contributed by atoms with Crippen molar-refractivity contribution in [3.05, 3.63) is 29.8 Å². The van der Waals surface area contributed by atoms with E-state index >= 15 is 0 Å². The predicted octanol–water partition coefficient (Wildman–Crippen LogP) is 2.49. The van der Waals surface area contributed by atoms with E-state index in [4.69, 9.17) is 0 Å². The molecular weight excluding hydrogens is 319 g/mol. The third kappa shape index (κ3) is 3.42. The van der Waals surface area contributed by atoms with Crippen LogP contribution in [0.15, 0.2) is 24.3 Å². The summed E-state index contributed by atoms with van der Waals surface area (Å²) < 4.78 is 38.0. The van der Waals surface area contributed by atoms with Gasteiger partial charge in [0.15, 0.2) is 0 Å². The normalized spacial score (nSPS) is 26.2. The Hall–Kier alpha value is -1.60. The average molecular weight is 341 g/mol. The average Bonchev–Trinajstić information content (AvgIpc) is 2.96. The zero-order valence-electron chi connectivity index (χ0n) is 13.6. The molecule has 24 heavy (non-hydrogen) atoms. The highest BCUT2D eigenvalue weighted by atomic mass is 19.4. The van der Waals surface area contributed by atoms with Gasteiger partial charge < -0.3 is 10.2 Å². The number of alkyl halides is 3. The summed E-state index contributed by atoms with van der Waals surface area (Å²) in [7, 11) is 1.93. The SMILES string of the molecule is CNC1CCCN(C2CCN(c3ccc(C(F)(F)F)cc3)C2=O)C1. The molecule has 1 aromatic carbocycles. The van der Waals surface area contributed by atoms with Gasteiger partial charge in [-0.1, -0.05) is 0 Å². The number of carbonyl (C=O) groups excluding carboxylic acids is 1. The summed E-state index contributed by atoms with van der Waals surface area (Å²) in [5.41, 5.74) is -0.153. The number of benzene rings is 1. The van der Waals surface area contributed by atoms with E-state index in [1.165, 1.54) is 12.1 Å². The third-order valence-electron chi connectivity index (χ3n) is 4.99. The molecule has 2 unspecified atom stereocenters. The molecule has 0 radical (unpaired) electrons. The first-order valence-corrected chi connectivity index (χ1v) is 8.30. The van der Waals surface area contributed by atoms with Crippen molar-refractivity contribution in [1.29, 1.82) is 0 Å². The first-order valence-electron chi connectivity index (χ1n) is 8.30. The zero-order valence-corrected chi connectivity index (χ0v) is 13.6. The number of nitrogens with one attached hydrogen (secondary N) is 1. The lowest BCUT2D eigenvalue weighted by Crippen LogP contribution is -2.51. The number of piperidine rings is 1. The van der Waals surface area contributed by atoms with E-state index in [-0.39, 0.29) is 11.9 Å². The number of anilines is 1. The van der Waals surface area contributed by atoms with Crippen LogP contribution in [0.25, 0.3) is 0 Å². The minimum atomic E-state index is -4.36. The smallest absolute Gasteiger partial charge is 0.316 e. The van der Waals surface area contributed by atoms with Gasteiger partial charge in [0.05, 0.1) is 11.6 Å². The minimum Gasteiger partial charge on any atom is -0.316 e. The van der Waals surface area contributed by atoms with Crippen LogP contribution in [0.5, 0.6) is 0 Å². The molecule has 7 heteroatoms. The molecule has 0 aromatic heterocycles. The number of carbonyl (C=O) groups is 1. The fourth-order valence-electron chi connectivity index (χ4n) is 3.62. The zero-order chi connectivity index (χ0) is 17.3. The maximum Gasteiger partial charge on any atom is 0.416 e. The molecule has 132 valence electrons. The van der Waals surface area contributed by atoms with Gasteiger partial charge in [-0.05, 0) is 57.1 Å². The van der Waals surface area contributed by atoms with Crippen LogP contribution in [-0.4, -0.2) is 49.6 Å². The van der Waals surface area contributed by atoms with Crippen molar-refractivity contribution in [2.24, 2.45) is 0 Å². The summed E-state index contributed by atoms with van der Waals surface area (Å²) in [5.74, 6) is -0.00786. The van der Waals surface area contributed by atoms with Gasteiger partial charge in [-0.25, -0.2) is 0 Å². The van der Waals surface area contributed by atoms with Crippen molar-refractivity contribution >= 4 is 11.6 Å². The van der Waals surface area contributed by atoms with Gasteiger partial charge in [-0.2, -0.15) is 13.2 Å². The summed E-state index contributed by atoms with van der Waals surface area (Å²) in [6.45, 7) is 2.29. The van der Waals surface area contributed by atoms with Crippen LogP contribution in [0.1, 0.15) is 24.8 Å². The highest BCUT2D eigenvalue weighted by Gasteiger charge is 2.38. The third-order valence-corrected chi connectivity index (χ3v) is 4.99. The van der Waals surface area contributed by atoms with Gasteiger partial charge >= 0.3 is 6.18 Å². The predicted molar refractivity (Wildman–Crippen MR) is 85.9 cm³/mol. The van der Waals surface area contributed by atoms with Gasteiger partial charge in [-0.3, -0.25) is 9.69 Å². The molecule has 4 nitrogen and oxygen atoms in total. The molecule has 3 rings (SSSR count). The van der Waals surface area contributed by atoms with Crippen LogP contribution < -0.4 is 10.2 Å². The van der Waals surface area contributed by atoms with Crippen LogP contribution >= 0.6 is 0 Å². The number of likely N-dealkylation sites (tertiary alicyclic amines) is 1. The van der Waals surface area contributed by atoms with Gasteiger partial charge in [0.1, 0.15) is 0 Å². The van der Waals surface area contributed by atoms with Crippen molar-refractivity contribution in [2.75, 3.05) is 31.6 Å². The fraction of sp³-hybridized carbons (Fsp3) is 0.588. The first-order chi connectivity index (χ1) is 11.4. The van der Waals surface area contributed by atoms with Gasteiger partial charge in [-0.15, -0.1) is 0 Å². The summed E-state index contributed by atoms with van der Waals surface area (Å²) in [5, 5.41) is 3.26. The largest absolute Gasteiger partial charge is 0.416 e. The Bertz CT molecular complexity index is 588. The Balaban J connectivity index is 1.70. The lowest BCUT2D eigenvalue weighted by atomic mass is 10.0. The molecule has 0 bridgehead atoms. The van der Waals surface area contributed by atoms with E-state index in [1.807, 2.05) is 7.05 Å². The van der Waals surface area contributed by atoms with E-state index in [0.717, 1.165) is 44.5 Å². The number of halogens is 3. The quantitative estimate of drug-likeness (QED) is 0.918. The summed E-state index contributed by atoms with van der Waals surface area (Å²) in [4.78, 5) is 16.5. The van der Waals surface area contributed by atoms with Crippen LogP contribution in [0.4, 0.5) is 18.9 Å². The van der Waals surface area contributed by atoms with Crippen LogP contribution in [0.3, 0.4) is 0 Å². The lowest BCUT2D eigenvalue weighted by Gasteiger charge is -2.35. The number of amides is 1. The maximum absolute atomic E-state index is 12.7. The summed E-state index contributed by atoms with van der Waals surface area (Å²) in [6.07, 6.45) is -1.48. The Morgan fingerprint density at radius 1 is 1.12 bits per heavy atom. The Morgan fingerprint density at radius 3 is 2.46 bits per heavy atom. The molecule has 0 saturated carbocycles. The number of rotatable bonds is 3. The molecule has 2 aliphatic heterocycles. The topological polar surface area (TPSA) is 35.6 Å². The van der Waals surface area contributed by atoms with Crippen molar-refractivity contribution in [3.8, 4) is 0 Å². The Kier molecular flexibility index (Phi) is 4.83. The van der Waals surface area contributed by atoms with Crippen LogP contribution in [-0.2, 0) is 11.0 Å². The molecule has 1 amide bonds. The Labute approximate surface area is 139 Å². The summed E-state index contributed by atoms with van der Waals surface area (Å²) >= 11 is 0. The number of likely N-dealkylation sites (N-methyl/N-ethyl adjacent to an activating group) is 1. The van der Waals surface area contributed by atoms with Crippen LogP contribution in [0, 0.1) is 0 Å². The van der Waals surface area contributed by atoms with E-state index in [2.05, 4.69) is 10.2 Å². The molecule has 2 saturated heterocycles. The highest BCUT2D eigenvalue weighted by Crippen LogP contribution is 2.32. The molecule has 2 atom stereocenters. The molecule has 0 aliphatic carbocycles. The Morgan fingerprint density at radius 2 is 1.83 bits per heavy atom. The van der Waals surface area contributed by atoms with Gasteiger partial charge in [0.2, 0.25) is 5.91 Å². The van der Waals surface area contributed by atoms with E-state index < -0.39 is 11.7 Å². The minimum absolute atomic E-state index is 0.00786. The fourth-order valence-corrected chi connectivity index (χ4v) is 3.62. The molecule has 1 N–H and O–H groups in total. The molecule has 2 aliphatic rings. The van der Waals surface area contributed by atoms with Crippen molar-refractivity contribution < 1.29 is 18.0 Å². The molecule has 2 heterocycles. The second-order valence-corrected chi connectivity index (χ2v) is 6.46. The monoisotopic (exact) mass is 341 g/mol. The number of hydrogen-bond acceptors (Lipinski definition) is 3. The second-order valence-electron chi connectivity index (χ2n) is 6.46. The molecular formula is C17H22F3N3O. The highest BCUT2D eigenvalue weighted by molar-refractivity contribution is 5.99. The maximum atomic E-state index is 12.7. The molecule has 0 spiro atoms. The first kappa shape index (κ1) is 17.2. The van der Waals surface area contributed by atoms with Gasteiger partial charge in [0.25, 0.3) is 0 Å². The molecule has 1 aromatic rings. The standard InChI is InChI=1S/C17H22F3N3O/c1-21-13-3-2-9-22(11-13)15-8-10-23(16(15)24)14-6-4-12(5-7-14)17(18,19)20/h4-7,13,15,21H,2-3,8-11H2,1H3. The van der Waals surface area contributed by atoms with Gasteiger partial charge in [0, 0.05) is 24.8 Å². The van der Waals surface area contributed by atoms with E-state index in [1.54, 1.807) is 4.90 Å². The van der Waals surface area contributed by atoms with Crippen LogP contribution in [0.2, 0.25) is 0 Å². The lowest BCUT2D eigenvalue weighted by molar-refractivity contribution is -0.137. The second kappa shape index (κ2) is 6.72. The number of hydrogen-bond donors (Lipinski definition) is 1. The van der Waals surface area contributed by atoms with E-state index in [9.17, 15) is 18.0 Å². The number of nitrogens with zero attached hydrogens (tertiary/aromatic N) is 2. The summed E-state index contributed by atoms with van der Waals surface area (Å²) in [6, 6.07) is 5.07. The van der Waals surface area contributed by atoms with Crippen molar-refractivity contribution in [1.82, 2.24) is 10.2 Å². The van der Waals surface area contributed by atoms with Crippen molar-refractivity contribution in [3.63, 3.8) is 0 Å². The van der Waals surface area contributed by atoms with E-state index in [0.29, 0.717) is 18.3 Å². The van der Waals surface area contributed by atoms with Crippen molar-refractivity contribution in [2.45, 2.75) is 37.5 Å².